The second-order valence-electron chi connectivity index (χ2n) is 18.1. The van der Waals surface area contributed by atoms with Crippen molar-refractivity contribution in [2.75, 3.05) is 0 Å². The topological polar surface area (TPSA) is 30.7 Å². The van der Waals surface area contributed by atoms with Crippen molar-refractivity contribution in [1.82, 2.24) is 14.5 Å². The average Bonchev–Trinajstić information content (AvgIpc) is 3.83. The minimum atomic E-state index is -0.128. The number of hydrogen-bond donors (Lipinski definition) is 0. The van der Waals surface area contributed by atoms with Gasteiger partial charge in [-0.1, -0.05) is 190 Å². The Bertz CT molecular complexity index is 3900. The molecule has 66 heavy (non-hydrogen) atoms. The first-order valence-corrected chi connectivity index (χ1v) is 22.8. The zero-order chi connectivity index (χ0) is 43.9. The van der Waals surface area contributed by atoms with E-state index in [0.29, 0.717) is 5.82 Å². The Hall–Kier alpha value is -8.40. The Kier molecular flexibility index (Phi) is 8.56. The van der Waals surface area contributed by atoms with Crippen molar-refractivity contribution in [3.8, 4) is 73.0 Å². The van der Waals surface area contributed by atoms with Gasteiger partial charge in [-0.05, 0) is 115 Å². The first-order chi connectivity index (χ1) is 32.5. The predicted octanol–water partition coefficient (Wildman–Crippen LogP) is 16.5. The van der Waals surface area contributed by atoms with E-state index in [2.05, 4.69) is 237 Å². The molecule has 2 heterocycles. The Labute approximate surface area is 384 Å². The smallest absolute Gasteiger partial charge is 0.160 e. The van der Waals surface area contributed by atoms with Crippen LogP contribution in [0.15, 0.2) is 224 Å². The molecular weight excluding hydrogens is 799 g/mol. The van der Waals surface area contributed by atoms with E-state index in [0.717, 1.165) is 44.7 Å². The summed E-state index contributed by atoms with van der Waals surface area (Å²) in [6, 6.07) is 81.3. The number of aromatic nitrogens is 3. The molecule has 0 unspecified atom stereocenters. The molecule has 3 heteroatoms. The second-order valence-corrected chi connectivity index (χ2v) is 18.1. The van der Waals surface area contributed by atoms with Gasteiger partial charge >= 0.3 is 0 Å². The van der Waals surface area contributed by atoms with Crippen molar-refractivity contribution in [3.63, 3.8) is 0 Å². The monoisotopic (exact) mass is 841 g/mol. The number of para-hydroxylation sites is 2. The van der Waals surface area contributed by atoms with Gasteiger partial charge in [-0.2, -0.15) is 0 Å². The van der Waals surface area contributed by atoms with E-state index in [1.165, 1.54) is 76.9 Å². The van der Waals surface area contributed by atoms with Gasteiger partial charge in [-0.3, -0.25) is 0 Å². The fourth-order valence-corrected chi connectivity index (χ4v) is 10.9. The number of benzene rings is 10. The molecule has 0 atom stereocenters. The van der Waals surface area contributed by atoms with Gasteiger partial charge in [-0.25, -0.2) is 9.97 Å². The highest BCUT2D eigenvalue weighted by Gasteiger charge is 2.37. The van der Waals surface area contributed by atoms with E-state index in [9.17, 15) is 0 Å². The molecule has 12 aromatic rings. The van der Waals surface area contributed by atoms with Gasteiger partial charge in [-0.15, -0.1) is 0 Å². The molecule has 1 aliphatic carbocycles. The van der Waals surface area contributed by atoms with E-state index in [1.807, 2.05) is 6.07 Å². The summed E-state index contributed by atoms with van der Waals surface area (Å²) in [4.78, 5) is 10.7. The molecule has 0 radical (unpaired) electrons. The van der Waals surface area contributed by atoms with E-state index in [1.54, 1.807) is 0 Å². The van der Waals surface area contributed by atoms with Crippen LogP contribution in [0.5, 0.6) is 0 Å². The largest absolute Gasteiger partial charge is 0.309 e. The summed E-state index contributed by atoms with van der Waals surface area (Å²) in [5.74, 6) is 0.696. The second kappa shape index (κ2) is 14.8. The van der Waals surface area contributed by atoms with Gasteiger partial charge in [0, 0.05) is 38.6 Å². The molecule has 310 valence electrons. The van der Waals surface area contributed by atoms with Gasteiger partial charge in [0.1, 0.15) is 0 Å². The highest BCUT2D eigenvalue weighted by molar-refractivity contribution is 6.16. The molecule has 0 saturated carbocycles. The summed E-state index contributed by atoms with van der Waals surface area (Å²) in [5.41, 5.74) is 18.4. The van der Waals surface area contributed by atoms with Crippen LogP contribution in [-0.4, -0.2) is 14.5 Å². The fraction of sp³-hybridized carbons (Fsp3) is 0.0476. The van der Waals surface area contributed by atoms with Crippen LogP contribution in [0.2, 0.25) is 0 Å². The van der Waals surface area contributed by atoms with E-state index < -0.39 is 0 Å². The maximum absolute atomic E-state index is 5.36. The van der Waals surface area contributed by atoms with Crippen molar-refractivity contribution in [2.24, 2.45) is 0 Å². The lowest BCUT2D eigenvalue weighted by Crippen LogP contribution is -2.14. The van der Waals surface area contributed by atoms with Gasteiger partial charge in [0.05, 0.1) is 22.4 Å². The molecule has 0 saturated heterocycles. The Balaban J connectivity index is 0.978. The van der Waals surface area contributed by atoms with Crippen molar-refractivity contribution >= 4 is 43.4 Å². The lowest BCUT2D eigenvalue weighted by atomic mass is 9.81. The van der Waals surface area contributed by atoms with Gasteiger partial charge in [0.15, 0.2) is 5.82 Å². The van der Waals surface area contributed by atoms with E-state index in [-0.39, 0.29) is 5.41 Å². The third-order valence-electron chi connectivity index (χ3n) is 14.0. The summed E-state index contributed by atoms with van der Waals surface area (Å²) < 4.78 is 2.38. The first kappa shape index (κ1) is 38.1. The number of fused-ring (bicyclic) bond motifs is 8. The summed E-state index contributed by atoms with van der Waals surface area (Å²) in [6.07, 6.45) is 0. The highest BCUT2D eigenvalue weighted by atomic mass is 15.0. The van der Waals surface area contributed by atoms with Crippen molar-refractivity contribution in [1.29, 1.82) is 0 Å². The standard InChI is InChI=1S/C63H43N3/c1-63(2)54-31-16-30-51(60(54)53-37-41-20-9-10-21-42(41)38-55(53)63)49-34-35-50(48-27-12-11-26-47(48)49)57-39-56(64-62(65-57)40-18-5-3-6-19-40)44-23-15-22-43(36-44)46-29-17-33-59-61(46)52-28-13-14-32-58(52)66(59)45-24-7-4-8-25-45/h3-39H,1-2H3. The Morgan fingerprint density at radius 1 is 0.364 bits per heavy atom. The molecule has 13 rings (SSSR count). The minimum absolute atomic E-state index is 0.128. The summed E-state index contributed by atoms with van der Waals surface area (Å²) in [7, 11) is 0. The lowest BCUT2D eigenvalue weighted by molar-refractivity contribution is 0.661. The molecule has 0 aliphatic heterocycles. The number of rotatable bonds is 6. The van der Waals surface area contributed by atoms with E-state index in [4.69, 9.17) is 9.97 Å². The van der Waals surface area contributed by atoms with Crippen LogP contribution in [0.1, 0.15) is 25.0 Å². The third kappa shape index (κ3) is 5.90. The van der Waals surface area contributed by atoms with Crippen molar-refractivity contribution in [2.45, 2.75) is 19.3 Å². The van der Waals surface area contributed by atoms with E-state index >= 15 is 0 Å². The maximum atomic E-state index is 5.36. The summed E-state index contributed by atoms with van der Waals surface area (Å²) >= 11 is 0. The molecule has 3 nitrogen and oxygen atoms in total. The molecule has 0 fully saturated rings. The van der Waals surface area contributed by atoms with Crippen molar-refractivity contribution < 1.29 is 0 Å². The SMILES string of the molecule is CC1(C)c2cc3ccccc3cc2-c2c(-c3ccc(-c4cc(-c5cccc(-c6cccc7c6c6ccccc6n7-c6ccccc6)c5)nc(-c5ccccc5)n4)c4ccccc34)cccc21. The average molecular weight is 842 g/mol. The maximum Gasteiger partial charge on any atom is 0.160 e. The van der Waals surface area contributed by atoms with Crippen LogP contribution in [0.3, 0.4) is 0 Å². The van der Waals surface area contributed by atoms with Gasteiger partial charge in [0.25, 0.3) is 0 Å². The minimum Gasteiger partial charge on any atom is -0.309 e. The number of hydrogen-bond acceptors (Lipinski definition) is 2. The molecular formula is C63H43N3. The highest BCUT2D eigenvalue weighted by Crippen LogP contribution is 2.54. The lowest BCUT2D eigenvalue weighted by Gasteiger charge is -2.22. The Morgan fingerprint density at radius 3 is 1.77 bits per heavy atom. The fourth-order valence-electron chi connectivity index (χ4n) is 10.9. The van der Waals surface area contributed by atoms with Crippen LogP contribution in [-0.2, 0) is 5.41 Å². The van der Waals surface area contributed by atoms with Crippen LogP contribution >= 0.6 is 0 Å². The molecule has 0 amide bonds. The van der Waals surface area contributed by atoms with Gasteiger partial charge in [0.2, 0.25) is 0 Å². The van der Waals surface area contributed by atoms with Crippen LogP contribution < -0.4 is 0 Å². The summed E-state index contributed by atoms with van der Waals surface area (Å²) in [6.45, 7) is 4.74. The molecule has 1 aliphatic rings. The van der Waals surface area contributed by atoms with Gasteiger partial charge < -0.3 is 4.57 Å². The van der Waals surface area contributed by atoms with Crippen LogP contribution in [0.25, 0.3) is 116 Å². The zero-order valence-corrected chi connectivity index (χ0v) is 36.7. The predicted molar refractivity (Wildman–Crippen MR) is 276 cm³/mol. The third-order valence-corrected chi connectivity index (χ3v) is 14.0. The molecule has 2 aromatic heterocycles. The Morgan fingerprint density at radius 2 is 0.955 bits per heavy atom. The molecule has 0 bridgehead atoms. The zero-order valence-electron chi connectivity index (χ0n) is 36.7. The normalized spacial score (nSPS) is 12.8. The number of nitrogens with zero attached hydrogens (tertiary/aromatic N) is 3. The van der Waals surface area contributed by atoms with Crippen molar-refractivity contribution in [3.05, 3.63) is 236 Å². The summed E-state index contributed by atoms with van der Waals surface area (Å²) in [5, 5.41) is 7.36. The van der Waals surface area contributed by atoms with Crippen LogP contribution in [0.4, 0.5) is 0 Å². The first-order valence-electron chi connectivity index (χ1n) is 22.8. The molecule has 10 aromatic carbocycles. The quantitative estimate of drug-likeness (QED) is 0.167. The molecule has 0 N–H and O–H groups in total. The molecule has 0 spiro atoms. The van der Waals surface area contributed by atoms with Crippen LogP contribution in [0, 0.1) is 0 Å².